The van der Waals surface area contributed by atoms with Gasteiger partial charge in [0, 0.05) is 12.6 Å². The van der Waals surface area contributed by atoms with Crippen LogP contribution in [0.4, 0.5) is 0 Å². The van der Waals surface area contributed by atoms with E-state index in [9.17, 15) is 9.59 Å². The van der Waals surface area contributed by atoms with Crippen molar-refractivity contribution in [2.45, 2.75) is 19.6 Å². The van der Waals surface area contributed by atoms with Crippen molar-refractivity contribution in [2.75, 3.05) is 7.11 Å². The van der Waals surface area contributed by atoms with Gasteiger partial charge >= 0.3 is 5.97 Å². The second kappa shape index (κ2) is 8.88. The summed E-state index contributed by atoms with van der Waals surface area (Å²) in [6.07, 6.45) is 2.11. The summed E-state index contributed by atoms with van der Waals surface area (Å²) < 4.78 is 10.2. The van der Waals surface area contributed by atoms with Gasteiger partial charge in [-0.1, -0.05) is 12.1 Å². The molecule has 6 heteroatoms. The van der Waals surface area contributed by atoms with Gasteiger partial charge in [0.05, 0.1) is 7.11 Å². The number of methoxy groups -OCH3 is 1. The van der Waals surface area contributed by atoms with E-state index in [1.165, 1.54) is 6.08 Å². The zero-order valence-corrected chi connectivity index (χ0v) is 14.3. The van der Waals surface area contributed by atoms with E-state index in [2.05, 4.69) is 5.32 Å². The molecule has 1 heterocycles. The number of ether oxygens (including phenoxy) is 2. The van der Waals surface area contributed by atoms with E-state index in [0.29, 0.717) is 6.54 Å². The third kappa shape index (κ3) is 5.55. The number of hydrogen-bond donors (Lipinski definition) is 1. The predicted molar refractivity (Wildman–Crippen MR) is 93.7 cm³/mol. The van der Waals surface area contributed by atoms with E-state index in [1.54, 1.807) is 31.4 Å². The lowest BCUT2D eigenvalue weighted by molar-refractivity contribution is -0.150. The fraction of sp³-hybridized carbons (Fsp3) is 0.222. The summed E-state index contributed by atoms with van der Waals surface area (Å²) in [6, 6.07) is 9.25. The molecule has 0 saturated carbocycles. The Balaban J connectivity index is 1.77. The zero-order chi connectivity index (χ0) is 17.4. The topological polar surface area (TPSA) is 64.6 Å². The van der Waals surface area contributed by atoms with Gasteiger partial charge in [-0.05, 0) is 53.1 Å². The normalized spacial score (nSPS) is 11.9. The van der Waals surface area contributed by atoms with Crippen molar-refractivity contribution in [3.63, 3.8) is 0 Å². The van der Waals surface area contributed by atoms with Crippen molar-refractivity contribution >= 4 is 29.3 Å². The molecule has 0 spiro atoms. The largest absolute Gasteiger partial charge is 0.497 e. The second-order valence-corrected chi connectivity index (χ2v) is 5.82. The Labute approximate surface area is 144 Å². The Morgan fingerprint density at radius 3 is 2.62 bits per heavy atom. The molecule has 0 bridgehead atoms. The van der Waals surface area contributed by atoms with Crippen LogP contribution in [0.1, 0.15) is 18.1 Å². The van der Waals surface area contributed by atoms with Gasteiger partial charge in [0.2, 0.25) is 0 Å². The van der Waals surface area contributed by atoms with Crippen molar-refractivity contribution in [1.29, 1.82) is 0 Å². The van der Waals surface area contributed by atoms with E-state index < -0.39 is 12.1 Å². The van der Waals surface area contributed by atoms with Crippen LogP contribution in [0.2, 0.25) is 0 Å². The van der Waals surface area contributed by atoms with Gasteiger partial charge in [-0.3, -0.25) is 4.79 Å². The number of carbonyl (C=O) groups is 2. The number of nitrogens with one attached hydrogen (secondary N) is 1. The highest BCUT2D eigenvalue weighted by molar-refractivity contribution is 7.08. The highest BCUT2D eigenvalue weighted by atomic mass is 32.1. The van der Waals surface area contributed by atoms with Crippen molar-refractivity contribution < 1.29 is 19.1 Å². The number of amides is 1. The van der Waals surface area contributed by atoms with Crippen LogP contribution >= 0.6 is 11.3 Å². The summed E-state index contributed by atoms with van der Waals surface area (Å²) in [4.78, 5) is 23.7. The average molecular weight is 345 g/mol. The molecule has 126 valence electrons. The monoisotopic (exact) mass is 345 g/mol. The van der Waals surface area contributed by atoms with E-state index in [1.807, 2.05) is 41.1 Å². The molecule has 1 N–H and O–H groups in total. The van der Waals surface area contributed by atoms with E-state index in [0.717, 1.165) is 16.9 Å². The molecule has 1 amide bonds. The molecule has 0 aliphatic rings. The quantitative estimate of drug-likeness (QED) is 0.619. The number of rotatable bonds is 7. The first kappa shape index (κ1) is 17.7. The third-order valence-corrected chi connectivity index (χ3v) is 3.94. The van der Waals surface area contributed by atoms with Crippen LogP contribution in [-0.4, -0.2) is 25.1 Å². The number of carbonyl (C=O) groups excluding carboxylic acids is 2. The SMILES string of the molecule is COc1ccc(CNC(=O)[C@H](C)OC(=O)/C=C/c2ccsc2)cc1. The molecule has 0 saturated heterocycles. The molecule has 2 rings (SSSR count). The minimum absolute atomic E-state index is 0.344. The van der Waals surface area contributed by atoms with Crippen molar-refractivity contribution in [2.24, 2.45) is 0 Å². The minimum Gasteiger partial charge on any atom is -0.497 e. The summed E-state index contributed by atoms with van der Waals surface area (Å²) in [5.41, 5.74) is 1.86. The van der Waals surface area contributed by atoms with Crippen LogP contribution in [0, 0.1) is 0 Å². The maximum Gasteiger partial charge on any atom is 0.331 e. The van der Waals surface area contributed by atoms with Gasteiger partial charge in [-0.15, -0.1) is 0 Å². The molecular weight excluding hydrogens is 326 g/mol. The van der Waals surface area contributed by atoms with E-state index in [-0.39, 0.29) is 5.91 Å². The van der Waals surface area contributed by atoms with Crippen molar-refractivity contribution in [1.82, 2.24) is 5.32 Å². The predicted octanol–water partition coefficient (Wildman–Crippen LogP) is 3.02. The van der Waals surface area contributed by atoms with Gasteiger partial charge in [-0.2, -0.15) is 11.3 Å². The van der Waals surface area contributed by atoms with Gasteiger partial charge < -0.3 is 14.8 Å². The van der Waals surface area contributed by atoms with Crippen molar-refractivity contribution in [3.05, 3.63) is 58.3 Å². The van der Waals surface area contributed by atoms with Gasteiger partial charge in [0.25, 0.3) is 5.91 Å². The molecule has 0 radical (unpaired) electrons. The molecule has 1 aromatic heterocycles. The number of hydrogen-bond acceptors (Lipinski definition) is 5. The molecule has 1 atom stereocenters. The van der Waals surface area contributed by atoms with Gasteiger partial charge in [0.15, 0.2) is 6.10 Å². The van der Waals surface area contributed by atoms with Crippen LogP contribution < -0.4 is 10.1 Å². The number of thiophene rings is 1. The van der Waals surface area contributed by atoms with E-state index in [4.69, 9.17) is 9.47 Å². The molecular formula is C18H19NO4S. The van der Waals surface area contributed by atoms with Gasteiger partial charge in [0.1, 0.15) is 5.75 Å². The first-order valence-corrected chi connectivity index (χ1v) is 8.34. The lowest BCUT2D eigenvalue weighted by atomic mass is 10.2. The molecule has 0 aliphatic heterocycles. The van der Waals surface area contributed by atoms with E-state index >= 15 is 0 Å². The molecule has 1 aromatic carbocycles. The Bertz CT molecular complexity index is 692. The molecule has 0 fully saturated rings. The van der Waals surface area contributed by atoms with Gasteiger partial charge in [-0.25, -0.2) is 4.79 Å². The van der Waals surface area contributed by atoms with Crippen LogP contribution in [0.3, 0.4) is 0 Å². The molecule has 24 heavy (non-hydrogen) atoms. The summed E-state index contributed by atoms with van der Waals surface area (Å²) in [5, 5.41) is 6.56. The summed E-state index contributed by atoms with van der Waals surface area (Å²) in [5.74, 6) is -0.138. The Kier molecular flexibility index (Phi) is 6.57. The fourth-order valence-corrected chi connectivity index (χ4v) is 2.51. The zero-order valence-electron chi connectivity index (χ0n) is 13.5. The maximum absolute atomic E-state index is 12.0. The molecule has 5 nitrogen and oxygen atoms in total. The Morgan fingerprint density at radius 1 is 1.25 bits per heavy atom. The minimum atomic E-state index is -0.858. The average Bonchev–Trinajstić information content (AvgIpc) is 3.11. The molecule has 2 aromatic rings. The Morgan fingerprint density at radius 2 is 2.00 bits per heavy atom. The highest BCUT2D eigenvalue weighted by Gasteiger charge is 2.16. The highest BCUT2D eigenvalue weighted by Crippen LogP contribution is 2.11. The Hall–Kier alpha value is -2.60. The summed E-state index contributed by atoms with van der Waals surface area (Å²) in [6.45, 7) is 1.90. The maximum atomic E-state index is 12.0. The lowest BCUT2D eigenvalue weighted by Gasteiger charge is -2.12. The number of esters is 1. The van der Waals surface area contributed by atoms with Crippen LogP contribution in [0.5, 0.6) is 5.75 Å². The van der Waals surface area contributed by atoms with Crippen molar-refractivity contribution in [3.8, 4) is 5.75 Å². The summed E-state index contributed by atoms with van der Waals surface area (Å²) in [7, 11) is 1.60. The first-order chi connectivity index (χ1) is 11.6. The fourth-order valence-electron chi connectivity index (χ4n) is 1.88. The lowest BCUT2D eigenvalue weighted by Crippen LogP contribution is -2.35. The first-order valence-electron chi connectivity index (χ1n) is 7.40. The summed E-state index contributed by atoms with van der Waals surface area (Å²) >= 11 is 1.54. The van der Waals surface area contributed by atoms with Crippen LogP contribution in [0.25, 0.3) is 6.08 Å². The number of benzene rings is 1. The van der Waals surface area contributed by atoms with Crippen LogP contribution in [0.15, 0.2) is 47.2 Å². The standard InChI is InChI=1S/C18H19NO4S/c1-13(23-17(20)8-5-15-9-10-24-12-15)18(21)19-11-14-3-6-16(22-2)7-4-14/h3-10,12-13H,11H2,1-2H3,(H,19,21)/b8-5+/t13-/m0/s1. The molecule has 0 aliphatic carbocycles. The third-order valence-electron chi connectivity index (χ3n) is 3.24. The smallest absolute Gasteiger partial charge is 0.331 e. The molecule has 0 unspecified atom stereocenters. The second-order valence-electron chi connectivity index (χ2n) is 5.04. The van der Waals surface area contributed by atoms with Crippen LogP contribution in [-0.2, 0) is 20.9 Å².